The molecule has 0 saturated carbocycles. The molecule has 3 aromatic rings. The third-order valence-electron chi connectivity index (χ3n) is 5.93. The number of ether oxygens (including phenoxy) is 3. The Kier molecular flexibility index (Phi) is 11.6. The fourth-order valence-corrected chi connectivity index (χ4v) is 3.78. The highest BCUT2D eigenvalue weighted by molar-refractivity contribution is 5.92. The predicted molar refractivity (Wildman–Crippen MR) is 142 cm³/mol. The van der Waals surface area contributed by atoms with Crippen molar-refractivity contribution in [2.24, 2.45) is 0 Å². The molecule has 3 rings (SSSR count). The third-order valence-corrected chi connectivity index (χ3v) is 5.93. The van der Waals surface area contributed by atoms with E-state index in [2.05, 4.69) is 6.92 Å². The van der Waals surface area contributed by atoms with Crippen LogP contribution in [0.15, 0.2) is 72.8 Å². The number of carbonyl (C=O) groups excluding carboxylic acids is 2. The molecule has 37 heavy (non-hydrogen) atoms. The lowest BCUT2D eigenvalue weighted by Gasteiger charge is -2.08. The van der Waals surface area contributed by atoms with E-state index in [0.29, 0.717) is 17.9 Å². The molecule has 0 aliphatic rings. The standard InChI is InChI=1S/C31H35FO5/c1-2-3-4-5-6-7-8-9-10-23-35-27-17-11-24(12-18-27)30(33)36-28-19-13-25(14-20-28)31(34)37-29-21-15-26(32)16-22-29/h11-22H,2-10,23H2,1H3. The Bertz CT molecular complexity index is 1090. The number of esters is 2. The molecule has 0 heterocycles. The van der Waals surface area contributed by atoms with Gasteiger partial charge in [0.2, 0.25) is 0 Å². The van der Waals surface area contributed by atoms with E-state index in [1.807, 2.05) is 0 Å². The lowest BCUT2D eigenvalue weighted by atomic mass is 10.1. The molecule has 196 valence electrons. The molecule has 6 heteroatoms. The van der Waals surface area contributed by atoms with Gasteiger partial charge in [-0.3, -0.25) is 0 Å². The van der Waals surface area contributed by atoms with E-state index >= 15 is 0 Å². The van der Waals surface area contributed by atoms with Crippen LogP contribution in [0.1, 0.15) is 85.4 Å². The van der Waals surface area contributed by atoms with Gasteiger partial charge in [-0.15, -0.1) is 0 Å². The van der Waals surface area contributed by atoms with Crippen LogP contribution in [0.25, 0.3) is 0 Å². The van der Waals surface area contributed by atoms with Gasteiger partial charge in [-0.25, -0.2) is 14.0 Å². The summed E-state index contributed by atoms with van der Waals surface area (Å²) in [6, 6.07) is 18.1. The van der Waals surface area contributed by atoms with Crippen LogP contribution in [0.4, 0.5) is 4.39 Å². The van der Waals surface area contributed by atoms with Crippen molar-refractivity contribution >= 4 is 11.9 Å². The summed E-state index contributed by atoms with van der Waals surface area (Å²) in [5, 5.41) is 0. The van der Waals surface area contributed by atoms with Gasteiger partial charge < -0.3 is 14.2 Å². The van der Waals surface area contributed by atoms with Crippen LogP contribution in [0, 0.1) is 5.82 Å². The molecule has 5 nitrogen and oxygen atoms in total. The number of unbranched alkanes of at least 4 members (excludes halogenated alkanes) is 8. The van der Waals surface area contributed by atoms with Crippen molar-refractivity contribution in [1.82, 2.24) is 0 Å². The molecule has 0 bridgehead atoms. The molecule has 0 N–H and O–H groups in total. The Morgan fingerprint density at radius 3 is 1.46 bits per heavy atom. The summed E-state index contributed by atoms with van der Waals surface area (Å²) in [7, 11) is 0. The van der Waals surface area contributed by atoms with Gasteiger partial charge >= 0.3 is 11.9 Å². The summed E-state index contributed by atoms with van der Waals surface area (Å²) < 4.78 is 29.4. The van der Waals surface area contributed by atoms with E-state index in [4.69, 9.17) is 14.2 Å². The highest BCUT2D eigenvalue weighted by atomic mass is 19.1. The molecule has 3 aromatic carbocycles. The average molecular weight is 507 g/mol. The molecule has 0 atom stereocenters. The zero-order chi connectivity index (χ0) is 26.3. The molecule has 0 aliphatic heterocycles. The predicted octanol–water partition coefficient (Wildman–Crippen LogP) is 8.17. The van der Waals surface area contributed by atoms with Gasteiger partial charge in [0.05, 0.1) is 17.7 Å². The fraction of sp³-hybridized carbons (Fsp3) is 0.355. The van der Waals surface area contributed by atoms with Gasteiger partial charge in [-0.2, -0.15) is 0 Å². The zero-order valence-corrected chi connectivity index (χ0v) is 21.4. The van der Waals surface area contributed by atoms with Gasteiger partial charge in [0.15, 0.2) is 0 Å². The van der Waals surface area contributed by atoms with Crippen molar-refractivity contribution in [3.63, 3.8) is 0 Å². The number of hydrogen-bond donors (Lipinski definition) is 0. The second kappa shape index (κ2) is 15.4. The van der Waals surface area contributed by atoms with E-state index in [1.165, 1.54) is 99.9 Å². The van der Waals surface area contributed by atoms with Crippen molar-refractivity contribution in [3.8, 4) is 17.2 Å². The number of hydrogen-bond acceptors (Lipinski definition) is 5. The smallest absolute Gasteiger partial charge is 0.343 e. The minimum Gasteiger partial charge on any atom is -0.494 e. The Labute approximate surface area is 218 Å². The van der Waals surface area contributed by atoms with E-state index in [-0.39, 0.29) is 11.3 Å². The van der Waals surface area contributed by atoms with E-state index in [1.54, 1.807) is 24.3 Å². The minimum absolute atomic E-state index is 0.238. The van der Waals surface area contributed by atoms with Crippen molar-refractivity contribution in [1.29, 1.82) is 0 Å². The second-order valence-electron chi connectivity index (χ2n) is 8.96. The maximum Gasteiger partial charge on any atom is 0.343 e. The van der Waals surface area contributed by atoms with Gasteiger partial charge in [0, 0.05) is 0 Å². The van der Waals surface area contributed by atoms with Crippen molar-refractivity contribution in [2.45, 2.75) is 64.7 Å². The summed E-state index contributed by atoms with van der Waals surface area (Å²) in [6.07, 6.45) is 11.4. The maximum absolute atomic E-state index is 13.0. The summed E-state index contributed by atoms with van der Waals surface area (Å²) in [5.41, 5.74) is 0.674. The molecular weight excluding hydrogens is 471 g/mol. The monoisotopic (exact) mass is 506 g/mol. The summed E-state index contributed by atoms with van der Waals surface area (Å²) in [4.78, 5) is 24.7. The largest absolute Gasteiger partial charge is 0.494 e. The van der Waals surface area contributed by atoms with Crippen molar-refractivity contribution < 1.29 is 28.2 Å². The lowest BCUT2D eigenvalue weighted by Crippen LogP contribution is -2.10. The summed E-state index contributed by atoms with van der Waals surface area (Å²) >= 11 is 0. The van der Waals surface area contributed by atoms with Gasteiger partial charge in [-0.05, 0) is 79.2 Å². The second-order valence-corrected chi connectivity index (χ2v) is 8.96. The first-order valence-electron chi connectivity index (χ1n) is 13.1. The number of halogens is 1. The molecule has 0 aromatic heterocycles. The fourth-order valence-electron chi connectivity index (χ4n) is 3.78. The van der Waals surface area contributed by atoms with Crippen molar-refractivity contribution in [3.05, 3.63) is 89.7 Å². The van der Waals surface area contributed by atoms with Gasteiger partial charge in [-0.1, -0.05) is 58.3 Å². The van der Waals surface area contributed by atoms with Crippen LogP contribution in [0.2, 0.25) is 0 Å². The molecule has 0 radical (unpaired) electrons. The molecule has 0 saturated heterocycles. The maximum atomic E-state index is 13.0. The van der Waals surface area contributed by atoms with Crippen molar-refractivity contribution in [2.75, 3.05) is 6.61 Å². The Morgan fingerprint density at radius 2 is 0.973 bits per heavy atom. The highest BCUT2D eigenvalue weighted by Crippen LogP contribution is 2.19. The van der Waals surface area contributed by atoms with Gasteiger partial charge in [0.25, 0.3) is 0 Å². The molecule has 0 fully saturated rings. The Hall–Kier alpha value is -3.67. The zero-order valence-electron chi connectivity index (χ0n) is 21.4. The summed E-state index contributed by atoms with van der Waals surface area (Å²) in [6.45, 7) is 2.90. The minimum atomic E-state index is -0.595. The summed E-state index contributed by atoms with van der Waals surface area (Å²) in [5.74, 6) is -0.256. The van der Waals surface area contributed by atoms with Crippen LogP contribution >= 0.6 is 0 Å². The van der Waals surface area contributed by atoms with E-state index in [9.17, 15) is 14.0 Å². The number of benzene rings is 3. The highest BCUT2D eigenvalue weighted by Gasteiger charge is 2.12. The first-order valence-corrected chi connectivity index (χ1v) is 13.1. The third kappa shape index (κ3) is 10.1. The Balaban J connectivity index is 1.36. The van der Waals surface area contributed by atoms with Crippen LogP contribution in [0.3, 0.4) is 0 Å². The first kappa shape index (κ1) is 27.9. The van der Waals surface area contributed by atoms with Crippen LogP contribution in [-0.2, 0) is 0 Å². The van der Waals surface area contributed by atoms with Crippen LogP contribution < -0.4 is 14.2 Å². The van der Waals surface area contributed by atoms with Gasteiger partial charge in [0.1, 0.15) is 23.1 Å². The number of rotatable bonds is 15. The first-order chi connectivity index (χ1) is 18.0. The van der Waals surface area contributed by atoms with Crippen LogP contribution in [0.5, 0.6) is 17.2 Å². The normalized spacial score (nSPS) is 10.6. The number of carbonyl (C=O) groups is 2. The molecule has 0 amide bonds. The Morgan fingerprint density at radius 1 is 0.568 bits per heavy atom. The molecular formula is C31H35FO5. The van der Waals surface area contributed by atoms with Crippen LogP contribution in [-0.4, -0.2) is 18.5 Å². The molecule has 0 spiro atoms. The molecule has 0 unspecified atom stereocenters. The lowest BCUT2D eigenvalue weighted by molar-refractivity contribution is 0.0730. The van der Waals surface area contributed by atoms with E-state index in [0.717, 1.165) is 12.2 Å². The van der Waals surface area contributed by atoms with E-state index < -0.39 is 17.8 Å². The quantitative estimate of drug-likeness (QED) is 0.118. The topological polar surface area (TPSA) is 61.8 Å². The SMILES string of the molecule is CCCCCCCCCCCOc1ccc(C(=O)Oc2ccc(C(=O)Oc3ccc(F)cc3)cc2)cc1. The average Bonchev–Trinajstić information content (AvgIpc) is 2.91. The molecule has 0 aliphatic carbocycles.